The monoisotopic (exact) mass is 514 g/mol. The zero-order valence-corrected chi connectivity index (χ0v) is 22.8. The van der Waals surface area contributed by atoms with Gasteiger partial charge in [0.15, 0.2) is 0 Å². The Kier molecular flexibility index (Phi) is 8.93. The standard InChI is InChI=1S/C31H35ClN4O/c1-22(2)19-30(34-29-8-6-5-7-23(29)3)27-20-26(13-14-28(27)32)33-31(37)25-11-9-24(10-12-25)21-36-17-15-35(4)16-18-36/h5-14,19-20H,15-18,21H2,1-4H3,(H,33,37). The molecule has 192 valence electrons. The lowest BCUT2D eigenvalue weighted by Gasteiger charge is -2.32. The number of allylic oxidation sites excluding steroid dienone is 2. The predicted octanol–water partition coefficient (Wildman–Crippen LogP) is 6.74. The van der Waals surface area contributed by atoms with Crippen molar-refractivity contribution < 1.29 is 4.79 Å². The Balaban J connectivity index is 1.51. The van der Waals surface area contributed by atoms with Crippen molar-refractivity contribution in [3.8, 4) is 0 Å². The van der Waals surface area contributed by atoms with Gasteiger partial charge in [0.1, 0.15) is 0 Å². The highest BCUT2D eigenvalue weighted by molar-refractivity contribution is 6.35. The molecule has 4 rings (SSSR count). The molecule has 6 heteroatoms. The van der Waals surface area contributed by atoms with Crippen molar-refractivity contribution >= 4 is 34.6 Å². The van der Waals surface area contributed by atoms with E-state index in [-0.39, 0.29) is 5.91 Å². The first-order valence-corrected chi connectivity index (χ1v) is 13.1. The van der Waals surface area contributed by atoms with Gasteiger partial charge in [-0.3, -0.25) is 9.69 Å². The van der Waals surface area contributed by atoms with Crippen LogP contribution in [-0.2, 0) is 6.54 Å². The number of benzene rings is 3. The average Bonchev–Trinajstić information content (AvgIpc) is 2.87. The van der Waals surface area contributed by atoms with Crippen LogP contribution in [-0.4, -0.2) is 54.6 Å². The van der Waals surface area contributed by atoms with E-state index in [4.69, 9.17) is 16.6 Å². The third-order valence-corrected chi connectivity index (χ3v) is 6.83. The van der Waals surface area contributed by atoms with Crippen molar-refractivity contribution in [3.63, 3.8) is 0 Å². The van der Waals surface area contributed by atoms with E-state index in [1.54, 1.807) is 6.07 Å². The number of hydrogen-bond acceptors (Lipinski definition) is 4. The first kappa shape index (κ1) is 26.8. The summed E-state index contributed by atoms with van der Waals surface area (Å²) >= 11 is 6.61. The number of hydrogen-bond donors (Lipinski definition) is 1. The largest absolute Gasteiger partial charge is 0.322 e. The maximum Gasteiger partial charge on any atom is 0.255 e. The Morgan fingerprint density at radius 2 is 1.70 bits per heavy atom. The van der Waals surface area contributed by atoms with E-state index in [0.29, 0.717) is 16.3 Å². The van der Waals surface area contributed by atoms with E-state index >= 15 is 0 Å². The van der Waals surface area contributed by atoms with Gasteiger partial charge in [0.05, 0.1) is 16.4 Å². The molecule has 3 aromatic carbocycles. The maximum absolute atomic E-state index is 13.0. The summed E-state index contributed by atoms with van der Waals surface area (Å²) in [5, 5.41) is 3.61. The summed E-state index contributed by atoms with van der Waals surface area (Å²) in [7, 11) is 2.16. The second-order valence-corrected chi connectivity index (χ2v) is 10.3. The molecule has 1 N–H and O–H groups in total. The van der Waals surface area contributed by atoms with Gasteiger partial charge in [-0.05, 0) is 81.4 Å². The highest BCUT2D eigenvalue weighted by atomic mass is 35.5. The minimum absolute atomic E-state index is 0.154. The third kappa shape index (κ3) is 7.39. The van der Waals surface area contributed by atoms with E-state index < -0.39 is 0 Å². The Labute approximate surface area is 225 Å². The molecule has 1 aliphatic heterocycles. The predicted molar refractivity (Wildman–Crippen MR) is 155 cm³/mol. The van der Waals surface area contributed by atoms with Crippen LogP contribution in [0, 0.1) is 6.92 Å². The van der Waals surface area contributed by atoms with Crippen molar-refractivity contribution in [2.24, 2.45) is 4.99 Å². The molecular formula is C31H35ClN4O. The summed E-state index contributed by atoms with van der Waals surface area (Å²) in [6.45, 7) is 11.3. The number of carbonyl (C=O) groups excluding carboxylic acids is 1. The number of aryl methyl sites for hydroxylation is 1. The molecule has 0 unspecified atom stereocenters. The summed E-state index contributed by atoms with van der Waals surface area (Å²) in [6, 6.07) is 21.4. The Bertz CT molecular complexity index is 1300. The van der Waals surface area contributed by atoms with Gasteiger partial charge in [0.2, 0.25) is 0 Å². The maximum atomic E-state index is 13.0. The van der Waals surface area contributed by atoms with Crippen molar-refractivity contribution in [2.45, 2.75) is 27.3 Å². The molecule has 5 nitrogen and oxygen atoms in total. The number of rotatable bonds is 7. The Morgan fingerprint density at radius 1 is 1.00 bits per heavy atom. The van der Waals surface area contributed by atoms with Crippen LogP contribution in [0.2, 0.25) is 5.02 Å². The first-order valence-electron chi connectivity index (χ1n) is 12.7. The molecule has 1 saturated heterocycles. The fourth-order valence-electron chi connectivity index (χ4n) is 4.29. The summed E-state index contributed by atoms with van der Waals surface area (Å²) in [6.07, 6.45) is 2.01. The molecular weight excluding hydrogens is 480 g/mol. The van der Waals surface area contributed by atoms with Crippen molar-refractivity contribution in [2.75, 3.05) is 38.5 Å². The van der Waals surface area contributed by atoms with Crippen LogP contribution in [0.1, 0.15) is 40.9 Å². The SMILES string of the molecule is CC(C)=CC(=Nc1ccccc1C)c1cc(NC(=O)c2ccc(CN3CCN(C)CC3)cc2)ccc1Cl. The summed E-state index contributed by atoms with van der Waals surface area (Å²) in [4.78, 5) is 22.7. The van der Waals surface area contributed by atoms with Gasteiger partial charge in [-0.1, -0.05) is 47.5 Å². The van der Waals surface area contributed by atoms with Gasteiger partial charge in [-0.25, -0.2) is 4.99 Å². The van der Waals surface area contributed by atoms with Gasteiger partial charge in [-0.2, -0.15) is 0 Å². The van der Waals surface area contributed by atoms with Crippen molar-refractivity contribution in [1.29, 1.82) is 0 Å². The lowest BCUT2D eigenvalue weighted by atomic mass is 10.1. The topological polar surface area (TPSA) is 47.9 Å². The number of amides is 1. The number of para-hydroxylation sites is 1. The van der Waals surface area contributed by atoms with Crippen LogP contribution in [0.5, 0.6) is 0 Å². The molecule has 1 heterocycles. The molecule has 0 saturated carbocycles. The summed E-state index contributed by atoms with van der Waals surface area (Å²) < 4.78 is 0. The molecule has 0 aromatic heterocycles. The van der Waals surface area contributed by atoms with E-state index in [9.17, 15) is 4.79 Å². The van der Waals surface area contributed by atoms with Gasteiger partial charge >= 0.3 is 0 Å². The molecule has 0 atom stereocenters. The highest BCUT2D eigenvalue weighted by Crippen LogP contribution is 2.26. The fraction of sp³-hybridized carbons (Fsp3) is 0.290. The number of carbonyl (C=O) groups is 1. The van der Waals surface area contributed by atoms with Crippen LogP contribution < -0.4 is 5.32 Å². The molecule has 0 bridgehead atoms. The number of piperazine rings is 1. The van der Waals surface area contributed by atoms with Crippen LogP contribution in [0.15, 0.2) is 83.4 Å². The van der Waals surface area contributed by atoms with E-state index in [0.717, 1.165) is 60.8 Å². The molecule has 0 radical (unpaired) electrons. The second kappa shape index (κ2) is 12.3. The smallest absolute Gasteiger partial charge is 0.255 e. The fourth-order valence-corrected chi connectivity index (χ4v) is 4.50. The number of nitrogens with one attached hydrogen (secondary N) is 1. The van der Waals surface area contributed by atoms with Gasteiger partial charge < -0.3 is 10.2 Å². The normalized spacial score (nSPS) is 14.9. The minimum Gasteiger partial charge on any atom is -0.322 e. The van der Waals surface area contributed by atoms with Crippen LogP contribution in [0.25, 0.3) is 0 Å². The van der Waals surface area contributed by atoms with E-state index in [1.165, 1.54) is 5.56 Å². The molecule has 1 aliphatic rings. The zero-order valence-electron chi connectivity index (χ0n) is 22.1. The van der Waals surface area contributed by atoms with Gasteiger partial charge in [0, 0.05) is 49.5 Å². The lowest BCUT2D eigenvalue weighted by molar-refractivity contribution is 0.102. The Hall–Kier alpha value is -3.25. The quantitative estimate of drug-likeness (QED) is 0.355. The van der Waals surface area contributed by atoms with E-state index in [1.807, 2.05) is 87.5 Å². The van der Waals surface area contributed by atoms with Gasteiger partial charge in [0.25, 0.3) is 5.91 Å². The number of anilines is 1. The van der Waals surface area contributed by atoms with Crippen LogP contribution >= 0.6 is 11.6 Å². The van der Waals surface area contributed by atoms with Gasteiger partial charge in [-0.15, -0.1) is 0 Å². The number of aliphatic imine (C=N–C) groups is 1. The highest BCUT2D eigenvalue weighted by Gasteiger charge is 2.15. The molecule has 37 heavy (non-hydrogen) atoms. The number of halogens is 1. The second-order valence-electron chi connectivity index (χ2n) is 9.93. The third-order valence-electron chi connectivity index (χ3n) is 6.50. The lowest BCUT2D eigenvalue weighted by Crippen LogP contribution is -2.43. The number of likely N-dealkylation sites (N-methyl/N-ethyl adjacent to an activating group) is 1. The summed E-state index contributed by atoms with van der Waals surface area (Å²) in [5.41, 5.74) is 7.11. The van der Waals surface area contributed by atoms with E-state index in [2.05, 4.69) is 22.2 Å². The zero-order chi connectivity index (χ0) is 26.4. The first-order chi connectivity index (χ1) is 17.8. The van der Waals surface area contributed by atoms with Crippen LogP contribution in [0.4, 0.5) is 11.4 Å². The molecule has 1 amide bonds. The number of nitrogens with zero attached hydrogens (tertiary/aromatic N) is 3. The minimum atomic E-state index is -0.154. The Morgan fingerprint density at radius 3 is 2.38 bits per heavy atom. The van der Waals surface area contributed by atoms with Crippen molar-refractivity contribution in [1.82, 2.24) is 9.80 Å². The summed E-state index contributed by atoms with van der Waals surface area (Å²) in [5.74, 6) is -0.154. The molecule has 0 aliphatic carbocycles. The molecule has 1 fully saturated rings. The van der Waals surface area contributed by atoms with Crippen LogP contribution in [0.3, 0.4) is 0 Å². The van der Waals surface area contributed by atoms with Crippen molar-refractivity contribution in [3.05, 3.63) is 106 Å². The average molecular weight is 515 g/mol. The molecule has 0 spiro atoms. The molecule has 3 aromatic rings.